The molecule has 1 aromatic heterocycles. The zero-order valence-corrected chi connectivity index (χ0v) is 12.6. The van der Waals surface area contributed by atoms with Crippen molar-refractivity contribution in [3.63, 3.8) is 0 Å². The minimum atomic E-state index is 0.317. The van der Waals surface area contributed by atoms with Crippen LogP contribution in [-0.2, 0) is 11.2 Å². The number of hydrogen-bond donors (Lipinski definition) is 1. The van der Waals surface area contributed by atoms with Gasteiger partial charge in [-0.3, -0.25) is 0 Å². The second-order valence-corrected chi connectivity index (χ2v) is 5.84. The van der Waals surface area contributed by atoms with E-state index in [-0.39, 0.29) is 0 Å². The molecule has 3 rings (SSSR count). The Kier molecular flexibility index (Phi) is 4.46. The number of benzene rings is 1. The topological polar surface area (TPSA) is 61.3 Å². The summed E-state index contributed by atoms with van der Waals surface area (Å²) in [6, 6.07) is 7.59. The van der Waals surface area contributed by atoms with Crippen molar-refractivity contribution in [2.75, 3.05) is 12.3 Å². The molecule has 1 aliphatic heterocycles. The van der Waals surface area contributed by atoms with E-state index in [9.17, 15) is 0 Å². The number of aryl methyl sites for hydroxylation is 1. The maximum atomic E-state index is 6.05. The van der Waals surface area contributed by atoms with Gasteiger partial charge in [-0.05, 0) is 43.4 Å². The highest BCUT2D eigenvalue weighted by molar-refractivity contribution is 6.30. The first-order valence-electron chi connectivity index (χ1n) is 7.35. The molecule has 0 spiro atoms. The van der Waals surface area contributed by atoms with Crippen molar-refractivity contribution in [2.45, 2.75) is 38.2 Å². The van der Waals surface area contributed by atoms with Crippen LogP contribution in [0.3, 0.4) is 0 Å². The van der Waals surface area contributed by atoms with Gasteiger partial charge >= 0.3 is 0 Å². The van der Waals surface area contributed by atoms with Gasteiger partial charge in [0.2, 0.25) is 0 Å². The third-order valence-electron chi connectivity index (χ3n) is 3.87. The molecular weight excluding hydrogens is 288 g/mol. The molecule has 1 atom stereocenters. The molecule has 1 aliphatic rings. The molecule has 5 heteroatoms. The number of nitrogens with two attached hydrogens (primary N) is 1. The molecule has 0 amide bonds. The molecule has 1 unspecified atom stereocenters. The van der Waals surface area contributed by atoms with Crippen molar-refractivity contribution < 1.29 is 9.26 Å². The van der Waals surface area contributed by atoms with Gasteiger partial charge in [0.25, 0.3) is 0 Å². The standard InChI is InChI=1S/C16H19ClN2O2/c17-12-5-3-4-11(10-12)15-14(21-19-16(15)18)8-7-13-6-1-2-9-20-13/h3-5,10,13H,1-2,6-9H2,(H2,18,19). The monoisotopic (exact) mass is 306 g/mol. The molecule has 2 aromatic rings. The van der Waals surface area contributed by atoms with E-state index < -0.39 is 0 Å². The van der Waals surface area contributed by atoms with Crippen LogP contribution in [0.2, 0.25) is 5.02 Å². The first kappa shape index (κ1) is 14.4. The van der Waals surface area contributed by atoms with E-state index in [1.807, 2.05) is 24.3 Å². The molecule has 1 saturated heterocycles. The fourth-order valence-corrected chi connectivity index (χ4v) is 2.98. The maximum absolute atomic E-state index is 6.05. The highest BCUT2D eigenvalue weighted by Gasteiger charge is 2.19. The quantitative estimate of drug-likeness (QED) is 0.924. The SMILES string of the molecule is Nc1noc(CCC2CCCCO2)c1-c1cccc(Cl)c1. The number of nitrogen functional groups attached to an aromatic ring is 1. The summed E-state index contributed by atoms with van der Waals surface area (Å²) in [7, 11) is 0. The van der Waals surface area contributed by atoms with Gasteiger partial charge in [-0.15, -0.1) is 0 Å². The normalized spacial score (nSPS) is 18.8. The van der Waals surface area contributed by atoms with Crippen LogP contribution in [0.1, 0.15) is 31.4 Å². The molecule has 0 radical (unpaired) electrons. The number of aromatic nitrogens is 1. The molecule has 0 aliphatic carbocycles. The van der Waals surface area contributed by atoms with Gasteiger partial charge in [0, 0.05) is 18.1 Å². The minimum Gasteiger partial charge on any atom is -0.380 e. The van der Waals surface area contributed by atoms with Crippen molar-refractivity contribution in [2.24, 2.45) is 0 Å². The number of anilines is 1. The number of ether oxygens (including phenoxy) is 1. The van der Waals surface area contributed by atoms with Crippen molar-refractivity contribution in [1.82, 2.24) is 5.16 Å². The summed E-state index contributed by atoms with van der Waals surface area (Å²) in [5.74, 6) is 1.22. The van der Waals surface area contributed by atoms with Gasteiger partial charge in [-0.25, -0.2) is 0 Å². The van der Waals surface area contributed by atoms with E-state index in [2.05, 4.69) is 5.16 Å². The summed E-state index contributed by atoms with van der Waals surface area (Å²) in [5.41, 5.74) is 7.75. The van der Waals surface area contributed by atoms with E-state index in [0.717, 1.165) is 42.8 Å². The van der Waals surface area contributed by atoms with E-state index in [1.165, 1.54) is 12.8 Å². The summed E-state index contributed by atoms with van der Waals surface area (Å²) in [6.45, 7) is 0.865. The van der Waals surface area contributed by atoms with Gasteiger partial charge in [0.1, 0.15) is 5.76 Å². The van der Waals surface area contributed by atoms with E-state index in [4.69, 9.17) is 26.6 Å². The molecule has 2 heterocycles. The molecule has 4 nitrogen and oxygen atoms in total. The molecule has 0 bridgehead atoms. The molecule has 0 saturated carbocycles. The van der Waals surface area contributed by atoms with Gasteiger partial charge < -0.3 is 15.0 Å². The highest BCUT2D eigenvalue weighted by atomic mass is 35.5. The van der Waals surface area contributed by atoms with Crippen LogP contribution in [0, 0.1) is 0 Å². The number of halogens is 1. The molecule has 1 fully saturated rings. The van der Waals surface area contributed by atoms with Crippen molar-refractivity contribution in [1.29, 1.82) is 0 Å². The molecular formula is C16H19ClN2O2. The van der Waals surface area contributed by atoms with Crippen LogP contribution < -0.4 is 5.73 Å². The second-order valence-electron chi connectivity index (χ2n) is 5.40. The molecule has 112 valence electrons. The zero-order valence-electron chi connectivity index (χ0n) is 11.8. The van der Waals surface area contributed by atoms with E-state index in [1.54, 1.807) is 0 Å². The summed E-state index contributed by atoms with van der Waals surface area (Å²) >= 11 is 6.05. The third-order valence-corrected chi connectivity index (χ3v) is 4.10. The Bertz CT molecular complexity index is 606. The Hall–Kier alpha value is -1.52. The average Bonchev–Trinajstić information content (AvgIpc) is 2.87. The minimum absolute atomic E-state index is 0.317. The Morgan fingerprint density at radius 1 is 1.33 bits per heavy atom. The number of hydrogen-bond acceptors (Lipinski definition) is 4. The summed E-state index contributed by atoms with van der Waals surface area (Å²) in [6.07, 6.45) is 5.55. The summed E-state index contributed by atoms with van der Waals surface area (Å²) in [4.78, 5) is 0. The van der Waals surface area contributed by atoms with Crippen LogP contribution in [-0.4, -0.2) is 17.9 Å². The van der Waals surface area contributed by atoms with E-state index in [0.29, 0.717) is 16.9 Å². The fourth-order valence-electron chi connectivity index (χ4n) is 2.79. The lowest BCUT2D eigenvalue weighted by Gasteiger charge is -2.22. The van der Waals surface area contributed by atoms with Gasteiger partial charge in [0.05, 0.1) is 11.7 Å². The Labute approximate surface area is 129 Å². The Morgan fingerprint density at radius 2 is 2.24 bits per heavy atom. The average molecular weight is 307 g/mol. The Balaban J connectivity index is 1.77. The van der Waals surface area contributed by atoms with Crippen LogP contribution in [0.5, 0.6) is 0 Å². The smallest absolute Gasteiger partial charge is 0.175 e. The maximum Gasteiger partial charge on any atom is 0.175 e. The molecule has 21 heavy (non-hydrogen) atoms. The largest absolute Gasteiger partial charge is 0.380 e. The second kappa shape index (κ2) is 6.50. The third kappa shape index (κ3) is 3.39. The molecule has 1 aromatic carbocycles. The predicted molar refractivity (Wildman–Crippen MR) is 83.3 cm³/mol. The number of rotatable bonds is 4. The van der Waals surface area contributed by atoms with E-state index >= 15 is 0 Å². The Morgan fingerprint density at radius 3 is 3.00 bits per heavy atom. The van der Waals surface area contributed by atoms with Gasteiger partial charge in [-0.2, -0.15) is 0 Å². The summed E-state index contributed by atoms with van der Waals surface area (Å²) in [5, 5.41) is 4.58. The lowest BCUT2D eigenvalue weighted by Crippen LogP contribution is -2.19. The van der Waals surface area contributed by atoms with Crippen LogP contribution in [0.4, 0.5) is 5.82 Å². The number of nitrogens with zero attached hydrogens (tertiary/aromatic N) is 1. The summed E-state index contributed by atoms with van der Waals surface area (Å²) < 4.78 is 11.2. The van der Waals surface area contributed by atoms with Gasteiger partial charge in [0.15, 0.2) is 5.82 Å². The van der Waals surface area contributed by atoms with Crippen molar-refractivity contribution >= 4 is 17.4 Å². The lowest BCUT2D eigenvalue weighted by molar-refractivity contribution is 0.0106. The predicted octanol–water partition coefficient (Wildman–Crippen LogP) is 4.08. The van der Waals surface area contributed by atoms with Crippen LogP contribution in [0.25, 0.3) is 11.1 Å². The highest BCUT2D eigenvalue weighted by Crippen LogP contribution is 2.32. The first-order chi connectivity index (χ1) is 10.2. The lowest BCUT2D eigenvalue weighted by atomic mass is 10.00. The van der Waals surface area contributed by atoms with Crippen LogP contribution >= 0.6 is 11.6 Å². The first-order valence-corrected chi connectivity index (χ1v) is 7.73. The molecule has 2 N–H and O–H groups in total. The van der Waals surface area contributed by atoms with Crippen LogP contribution in [0.15, 0.2) is 28.8 Å². The van der Waals surface area contributed by atoms with Crippen molar-refractivity contribution in [3.8, 4) is 11.1 Å². The van der Waals surface area contributed by atoms with Crippen molar-refractivity contribution in [3.05, 3.63) is 35.0 Å². The fraction of sp³-hybridized carbons (Fsp3) is 0.438. The zero-order chi connectivity index (χ0) is 14.7. The van der Waals surface area contributed by atoms with Gasteiger partial charge in [-0.1, -0.05) is 28.9 Å².